The molecule has 8 nitrogen and oxygen atoms in total. The first-order valence-electron chi connectivity index (χ1n) is 10.3. The molecule has 1 aliphatic rings. The number of hydrogen-bond acceptors (Lipinski definition) is 8. The summed E-state index contributed by atoms with van der Waals surface area (Å²) in [4.78, 5) is 30.3. The van der Waals surface area contributed by atoms with Crippen LogP contribution in [0.25, 0.3) is 6.08 Å². The monoisotopic (exact) mass is 445 g/mol. The topological polar surface area (TPSA) is 92.7 Å². The van der Waals surface area contributed by atoms with Crippen LogP contribution in [0.3, 0.4) is 0 Å². The van der Waals surface area contributed by atoms with Crippen LogP contribution in [0.4, 0.5) is 0 Å². The van der Waals surface area contributed by atoms with Crippen LogP contribution in [0.5, 0.6) is 5.75 Å². The van der Waals surface area contributed by atoms with Crippen molar-refractivity contribution >= 4 is 23.7 Å². The number of benzene rings is 1. The van der Waals surface area contributed by atoms with Crippen LogP contribution in [0.2, 0.25) is 0 Å². The Morgan fingerprint density at radius 3 is 2.28 bits per heavy atom. The molecule has 1 aromatic carbocycles. The standard InChI is InChI=1S/C24H31NO7/c1-16-21(23(26)31-14-12-28-3)19(11-10-18-8-6-7-9-20(18)30-5)22(17(2)25-16)24(27)32-15-13-29-4/h6-11,19,21H,12-15H2,1-5H3/b11-10+. The van der Waals surface area contributed by atoms with Gasteiger partial charge in [0.25, 0.3) is 0 Å². The van der Waals surface area contributed by atoms with Crippen LogP contribution < -0.4 is 4.74 Å². The van der Waals surface area contributed by atoms with Gasteiger partial charge in [0.15, 0.2) is 0 Å². The average molecular weight is 446 g/mol. The Bertz CT molecular complexity index is 888. The fourth-order valence-electron chi connectivity index (χ4n) is 3.49. The number of carbonyl (C=O) groups excluding carboxylic acids is 2. The number of carbonyl (C=O) groups is 2. The zero-order chi connectivity index (χ0) is 23.5. The van der Waals surface area contributed by atoms with Crippen molar-refractivity contribution in [1.29, 1.82) is 0 Å². The third-order valence-electron chi connectivity index (χ3n) is 5.02. The van der Waals surface area contributed by atoms with Crippen molar-refractivity contribution in [3.05, 3.63) is 47.2 Å². The number of nitrogens with zero attached hydrogens (tertiary/aromatic N) is 1. The van der Waals surface area contributed by atoms with Gasteiger partial charge in [-0.2, -0.15) is 0 Å². The highest BCUT2D eigenvalue weighted by Crippen LogP contribution is 2.34. The third-order valence-corrected chi connectivity index (χ3v) is 5.02. The highest BCUT2D eigenvalue weighted by molar-refractivity contribution is 6.06. The van der Waals surface area contributed by atoms with Crippen molar-refractivity contribution < 1.29 is 33.3 Å². The fraction of sp³-hybridized carbons (Fsp3) is 0.458. The van der Waals surface area contributed by atoms with Gasteiger partial charge in [0.2, 0.25) is 0 Å². The largest absolute Gasteiger partial charge is 0.496 e. The molecule has 0 radical (unpaired) electrons. The highest BCUT2D eigenvalue weighted by Gasteiger charge is 2.40. The van der Waals surface area contributed by atoms with Crippen LogP contribution >= 0.6 is 0 Å². The summed E-state index contributed by atoms with van der Waals surface area (Å²) < 4.78 is 26.1. The van der Waals surface area contributed by atoms with E-state index >= 15 is 0 Å². The summed E-state index contributed by atoms with van der Waals surface area (Å²) in [6.07, 6.45) is 3.63. The molecule has 32 heavy (non-hydrogen) atoms. The number of rotatable bonds is 11. The van der Waals surface area contributed by atoms with Crippen molar-refractivity contribution in [3.8, 4) is 5.75 Å². The van der Waals surface area contributed by atoms with Gasteiger partial charge >= 0.3 is 11.9 Å². The number of para-hydroxylation sites is 1. The summed E-state index contributed by atoms with van der Waals surface area (Å²) in [5.74, 6) is -1.74. The molecule has 0 fully saturated rings. The number of esters is 2. The van der Waals surface area contributed by atoms with E-state index < -0.39 is 23.8 Å². The molecule has 0 bridgehead atoms. The molecule has 2 unspecified atom stereocenters. The van der Waals surface area contributed by atoms with Gasteiger partial charge in [-0.15, -0.1) is 0 Å². The molecule has 1 heterocycles. The molecule has 0 saturated heterocycles. The molecule has 1 aliphatic heterocycles. The van der Waals surface area contributed by atoms with E-state index in [0.717, 1.165) is 5.56 Å². The SMILES string of the molecule is COCCOC(=O)C1=C(C)N=C(C)C(C(=O)OCCOC)C1/C=C/c1ccccc1OC. The molecule has 174 valence electrons. The molecule has 0 saturated carbocycles. The Hall–Kier alpha value is -2.97. The molecule has 8 heteroatoms. The van der Waals surface area contributed by atoms with Gasteiger partial charge < -0.3 is 23.7 Å². The van der Waals surface area contributed by atoms with Crippen molar-refractivity contribution in [3.63, 3.8) is 0 Å². The van der Waals surface area contributed by atoms with E-state index in [2.05, 4.69) is 4.99 Å². The molecule has 0 N–H and O–H groups in total. The van der Waals surface area contributed by atoms with E-state index in [9.17, 15) is 9.59 Å². The lowest BCUT2D eigenvalue weighted by Crippen LogP contribution is -2.37. The second kappa shape index (κ2) is 12.8. The summed E-state index contributed by atoms with van der Waals surface area (Å²) in [7, 11) is 4.64. The summed E-state index contributed by atoms with van der Waals surface area (Å²) in [6.45, 7) is 4.23. The lowest BCUT2D eigenvalue weighted by molar-refractivity contribution is -0.148. The normalized spacial score (nSPS) is 18.5. The predicted molar refractivity (Wildman–Crippen MR) is 120 cm³/mol. The molecule has 2 rings (SSSR count). The first-order valence-corrected chi connectivity index (χ1v) is 10.3. The van der Waals surface area contributed by atoms with E-state index in [1.807, 2.05) is 30.3 Å². The minimum absolute atomic E-state index is 0.0979. The zero-order valence-electron chi connectivity index (χ0n) is 19.3. The fourth-order valence-corrected chi connectivity index (χ4v) is 3.49. The minimum atomic E-state index is -0.772. The summed E-state index contributed by atoms with van der Waals surface area (Å²) in [5, 5.41) is 0. The van der Waals surface area contributed by atoms with Crippen LogP contribution in [-0.4, -0.2) is 65.4 Å². The van der Waals surface area contributed by atoms with Crippen LogP contribution in [0, 0.1) is 11.8 Å². The molecule has 1 aromatic rings. The van der Waals surface area contributed by atoms with Crippen molar-refractivity contribution in [2.75, 3.05) is 47.8 Å². The maximum absolute atomic E-state index is 13.0. The third kappa shape index (κ3) is 6.51. The maximum Gasteiger partial charge on any atom is 0.336 e. The van der Waals surface area contributed by atoms with E-state index in [0.29, 0.717) is 22.7 Å². The van der Waals surface area contributed by atoms with Gasteiger partial charge in [0.1, 0.15) is 24.9 Å². The van der Waals surface area contributed by atoms with Gasteiger partial charge in [-0.1, -0.05) is 30.4 Å². The molecule has 0 aliphatic carbocycles. The summed E-state index contributed by atoms with van der Waals surface area (Å²) in [6, 6.07) is 7.47. The number of methoxy groups -OCH3 is 3. The maximum atomic E-state index is 13.0. The van der Waals surface area contributed by atoms with Crippen LogP contribution in [0.15, 0.2) is 46.6 Å². The van der Waals surface area contributed by atoms with Crippen molar-refractivity contribution in [1.82, 2.24) is 0 Å². The average Bonchev–Trinajstić information content (AvgIpc) is 2.77. The number of ether oxygens (including phenoxy) is 5. The van der Waals surface area contributed by atoms with Gasteiger partial charge in [-0.3, -0.25) is 9.79 Å². The van der Waals surface area contributed by atoms with Crippen LogP contribution in [0.1, 0.15) is 19.4 Å². The number of hydrogen-bond donors (Lipinski definition) is 0. The molecule has 2 atom stereocenters. The van der Waals surface area contributed by atoms with Crippen molar-refractivity contribution in [2.45, 2.75) is 13.8 Å². The predicted octanol–water partition coefficient (Wildman–Crippen LogP) is 3.07. The Morgan fingerprint density at radius 1 is 0.969 bits per heavy atom. The molecule has 0 aromatic heterocycles. The second-order valence-electron chi connectivity index (χ2n) is 7.15. The van der Waals surface area contributed by atoms with E-state index in [1.165, 1.54) is 14.2 Å². The van der Waals surface area contributed by atoms with E-state index in [-0.39, 0.29) is 26.4 Å². The Morgan fingerprint density at radius 2 is 1.62 bits per heavy atom. The first-order chi connectivity index (χ1) is 15.4. The Kier molecular flexibility index (Phi) is 10.1. The summed E-state index contributed by atoms with van der Waals surface area (Å²) in [5.41, 5.74) is 2.19. The summed E-state index contributed by atoms with van der Waals surface area (Å²) >= 11 is 0. The molecule has 0 amide bonds. The first kappa shape index (κ1) is 25.3. The molecular weight excluding hydrogens is 414 g/mol. The number of allylic oxidation sites excluding steroid dienone is 2. The zero-order valence-corrected chi connectivity index (χ0v) is 19.3. The van der Waals surface area contributed by atoms with Gasteiger partial charge in [0.05, 0.1) is 25.9 Å². The molecular formula is C24H31NO7. The smallest absolute Gasteiger partial charge is 0.336 e. The Labute approximate surface area is 188 Å². The molecule has 0 spiro atoms. The van der Waals surface area contributed by atoms with E-state index in [1.54, 1.807) is 27.0 Å². The second-order valence-corrected chi connectivity index (χ2v) is 7.15. The lowest BCUT2D eigenvalue weighted by atomic mass is 9.79. The van der Waals surface area contributed by atoms with Crippen LogP contribution in [-0.2, 0) is 28.5 Å². The minimum Gasteiger partial charge on any atom is -0.496 e. The van der Waals surface area contributed by atoms with Gasteiger partial charge in [0, 0.05) is 37.1 Å². The van der Waals surface area contributed by atoms with Crippen molar-refractivity contribution in [2.24, 2.45) is 16.8 Å². The lowest BCUT2D eigenvalue weighted by Gasteiger charge is -2.29. The highest BCUT2D eigenvalue weighted by atomic mass is 16.6. The van der Waals surface area contributed by atoms with Gasteiger partial charge in [-0.05, 0) is 19.9 Å². The Balaban J connectivity index is 2.43. The van der Waals surface area contributed by atoms with E-state index in [4.69, 9.17) is 23.7 Å². The van der Waals surface area contributed by atoms with Gasteiger partial charge in [-0.25, -0.2) is 4.79 Å². The quantitative estimate of drug-likeness (QED) is 0.382. The number of aliphatic imine (C=N–C) groups is 1.